The molecule has 0 aliphatic heterocycles. The van der Waals surface area contributed by atoms with Crippen molar-refractivity contribution in [1.29, 1.82) is 10.5 Å². The summed E-state index contributed by atoms with van der Waals surface area (Å²) in [5.41, 5.74) is 17.1. The lowest BCUT2D eigenvalue weighted by atomic mass is 9.98. The molecule has 0 bridgehead atoms. The Kier molecular flexibility index (Phi) is 2.45. The number of nitriles is 2. The van der Waals surface area contributed by atoms with E-state index in [1.807, 2.05) is 24.3 Å². The van der Waals surface area contributed by atoms with E-state index in [1.54, 1.807) is 24.3 Å². The van der Waals surface area contributed by atoms with Crippen molar-refractivity contribution in [3.05, 3.63) is 53.1 Å². The van der Waals surface area contributed by atoms with Crippen molar-refractivity contribution in [3.63, 3.8) is 0 Å². The van der Waals surface area contributed by atoms with Gasteiger partial charge in [-0.15, -0.1) is 0 Å². The Balaban J connectivity index is 2.47. The molecule has 20 heavy (non-hydrogen) atoms. The number of nitrogen functional groups attached to an aromatic ring is 2. The van der Waals surface area contributed by atoms with Crippen LogP contribution in [0.5, 0.6) is 0 Å². The minimum absolute atomic E-state index is 0.0706. The van der Waals surface area contributed by atoms with Crippen molar-refractivity contribution < 1.29 is 0 Å². The lowest BCUT2D eigenvalue weighted by Crippen LogP contribution is -1.91. The highest BCUT2D eigenvalue weighted by Gasteiger charge is 2.26. The van der Waals surface area contributed by atoms with Crippen LogP contribution in [0.1, 0.15) is 11.1 Å². The van der Waals surface area contributed by atoms with Crippen LogP contribution in [0.4, 0.5) is 11.4 Å². The smallest absolute Gasteiger partial charge is 0.138 e. The summed E-state index contributed by atoms with van der Waals surface area (Å²) in [5, 5.41) is 18.4. The Labute approximate surface area is 116 Å². The highest BCUT2D eigenvalue weighted by atomic mass is 14.6. The van der Waals surface area contributed by atoms with Gasteiger partial charge in [-0.05, 0) is 46.5 Å². The number of anilines is 2. The average Bonchev–Trinajstić information content (AvgIpc) is 2.74. The number of hydrogen-bond donors (Lipinski definition) is 2. The van der Waals surface area contributed by atoms with E-state index >= 15 is 0 Å². The quantitative estimate of drug-likeness (QED) is 0.478. The third-order valence-corrected chi connectivity index (χ3v) is 3.39. The van der Waals surface area contributed by atoms with Gasteiger partial charge < -0.3 is 11.5 Å². The minimum atomic E-state index is 0.0706. The highest BCUT2D eigenvalue weighted by molar-refractivity contribution is 6.05. The number of hydrogen-bond acceptors (Lipinski definition) is 4. The van der Waals surface area contributed by atoms with Crippen LogP contribution in [0.25, 0.3) is 16.7 Å². The van der Waals surface area contributed by atoms with Gasteiger partial charge in [-0.1, -0.05) is 12.1 Å². The Hall–Kier alpha value is -3.24. The Morgan fingerprint density at radius 1 is 0.750 bits per heavy atom. The molecule has 0 atom stereocenters. The molecule has 0 fully saturated rings. The van der Waals surface area contributed by atoms with Gasteiger partial charge in [-0.2, -0.15) is 10.5 Å². The van der Waals surface area contributed by atoms with Crippen molar-refractivity contribution >= 4 is 16.9 Å². The third-order valence-electron chi connectivity index (χ3n) is 3.39. The predicted octanol–water partition coefficient (Wildman–Crippen LogP) is 2.68. The fraction of sp³-hybridized carbons (Fsp3) is 0. The van der Waals surface area contributed by atoms with Crippen LogP contribution >= 0.6 is 0 Å². The monoisotopic (exact) mass is 258 g/mol. The van der Waals surface area contributed by atoms with Crippen molar-refractivity contribution in [2.75, 3.05) is 11.5 Å². The summed E-state index contributed by atoms with van der Waals surface area (Å²) in [7, 11) is 0. The van der Waals surface area contributed by atoms with Gasteiger partial charge in [0.1, 0.15) is 17.7 Å². The normalized spacial score (nSPS) is 11.2. The minimum Gasteiger partial charge on any atom is -0.399 e. The molecule has 0 aromatic heterocycles. The topological polar surface area (TPSA) is 99.6 Å². The first-order valence-electron chi connectivity index (χ1n) is 6.00. The van der Waals surface area contributed by atoms with E-state index in [0.29, 0.717) is 16.9 Å². The third kappa shape index (κ3) is 1.53. The van der Waals surface area contributed by atoms with Gasteiger partial charge in [0.25, 0.3) is 0 Å². The molecule has 0 spiro atoms. The molecule has 4 nitrogen and oxygen atoms in total. The molecule has 1 aliphatic carbocycles. The number of nitrogens with two attached hydrogens (primary N) is 2. The standard InChI is InChI=1S/C16H10N4/c17-7-9(8-18)16-14-5-10(19)1-3-12(14)13-4-2-11(20)6-15(13)16/h1-6H,19-20H2. The molecule has 4 N–H and O–H groups in total. The fourth-order valence-electron chi connectivity index (χ4n) is 2.56. The van der Waals surface area contributed by atoms with Crippen molar-refractivity contribution in [2.24, 2.45) is 0 Å². The molecule has 3 rings (SSSR count). The van der Waals surface area contributed by atoms with Crippen LogP contribution < -0.4 is 11.5 Å². The Morgan fingerprint density at radius 2 is 1.20 bits per heavy atom. The number of fused-ring (bicyclic) bond motifs is 3. The summed E-state index contributed by atoms with van der Waals surface area (Å²) in [6.45, 7) is 0. The first-order chi connectivity index (χ1) is 9.65. The molecule has 0 amide bonds. The largest absolute Gasteiger partial charge is 0.399 e. The molecule has 94 valence electrons. The Bertz CT molecular complexity index is 778. The van der Waals surface area contributed by atoms with Crippen LogP contribution in [-0.4, -0.2) is 0 Å². The van der Waals surface area contributed by atoms with E-state index in [-0.39, 0.29) is 5.57 Å². The SMILES string of the molecule is N#CC(C#N)=C1c2cc(N)ccc2-c2ccc(N)cc21. The molecule has 2 aromatic rings. The maximum Gasteiger partial charge on any atom is 0.138 e. The van der Waals surface area contributed by atoms with Crippen LogP contribution in [0.15, 0.2) is 42.0 Å². The molecule has 0 heterocycles. The highest BCUT2D eigenvalue weighted by Crippen LogP contribution is 2.46. The summed E-state index contributed by atoms with van der Waals surface area (Å²) >= 11 is 0. The summed E-state index contributed by atoms with van der Waals surface area (Å²) in [4.78, 5) is 0. The Morgan fingerprint density at radius 3 is 1.60 bits per heavy atom. The zero-order valence-corrected chi connectivity index (χ0v) is 10.5. The van der Waals surface area contributed by atoms with Gasteiger partial charge in [0, 0.05) is 16.9 Å². The van der Waals surface area contributed by atoms with Gasteiger partial charge in [0.05, 0.1) is 0 Å². The lowest BCUT2D eigenvalue weighted by molar-refractivity contribution is 1.46. The molecule has 4 heteroatoms. The van der Waals surface area contributed by atoms with Crippen molar-refractivity contribution in [2.45, 2.75) is 0 Å². The maximum absolute atomic E-state index is 9.18. The van der Waals surface area contributed by atoms with Crippen LogP contribution in [0, 0.1) is 22.7 Å². The van der Waals surface area contributed by atoms with Crippen molar-refractivity contribution in [3.8, 4) is 23.3 Å². The second-order valence-corrected chi connectivity index (χ2v) is 4.58. The maximum atomic E-state index is 9.18. The first kappa shape index (κ1) is 11.8. The van der Waals surface area contributed by atoms with E-state index in [1.165, 1.54) is 0 Å². The number of benzene rings is 2. The van der Waals surface area contributed by atoms with E-state index in [2.05, 4.69) is 0 Å². The zero-order valence-electron chi connectivity index (χ0n) is 10.5. The average molecular weight is 258 g/mol. The predicted molar refractivity (Wildman–Crippen MR) is 78.0 cm³/mol. The molecular formula is C16H10N4. The number of allylic oxidation sites excluding steroid dienone is 1. The fourth-order valence-corrected chi connectivity index (χ4v) is 2.56. The van der Waals surface area contributed by atoms with Gasteiger partial charge in [0.2, 0.25) is 0 Å². The lowest BCUT2D eigenvalue weighted by Gasteiger charge is -2.03. The second-order valence-electron chi connectivity index (χ2n) is 4.58. The molecular weight excluding hydrogens is 248 g/mol. The van der Waals surface area contributed by atoms with Gasteiger partial charge in [0.15, 0.2) is 0 Å². The molecule has 1 aliphatic rings. The molecule has 0 saturated carbocycles. The molecule has 2 aromatic carbocycles. The van der Waals surface area contributed by atoms with E-state index < -0.39 is 0 Å². The molecule has 0 saturated heterocycles. The molecule has 0 unspecified atom stereocenters. The van der Waals surface area contributed by atoms with Crippen LogP contribution in [-0.2, 0) is 0 Å². The number of nitrogens with zero attached hydrogens (tertiary/aromatic N) is 2. The first-order valence-corrected chi connectivity index (χ1v) is 6.00. The van der Waals surface area contributed by atoms with E-state index in [4.69, 9.17) is 11.5 Å². The van der Waals surface area contributed by atoms with Crippen molar-refractivity contribution in [1.82, 2.24) is 0 Å². The van der Waals surface area contributed by atoms with Crippen LogP contribution in [0.3, 0.4) is 0 Å². The van der Waals surface area contributed by atoms with Gasteiger partial charge in [-0.25, -0.2) is 0 Å². The van der Waals surface area contributed by atoms with E-state index in [9.17, 15) is 10.5 Å². The molecule has 0 radical (unpaired) electrons. The van der Waals surface area contributed by atoms with Gasteiger partial charge in [-0.3, -0.25) is 0 Å². The summed E-state index contributed by atoms with van der Waals surface area (Å²) in [5.74, 6) is 0. The zero-order chi connectivity index (χ0) is 14.3. The summed E-state index contributed by atoms with van der Waals surface area (Å²) in [6.07, 6.45) is 0. The number of rotatable bonds is 0. The summed E-state index contributed by atoms with van der Waals surface area (Å²) < 4.78 is 0. The second kappa shape index (κ2) is 4.15. The van der Waals surface area contributed by atoms with E-state index in [0.717, 1.165) is 22.3 Å². The van der Waals surface area contributed by atoms with Gasteiger partial charge >= 0.3 is 0 Å². The summed E-state index contributed by atoms with van der Waals surface area (Å²) in [6, 6.07) is 14.9. The van der Waals surface area contributed by atoms with Crippen LogP contribution in [0.2, 0.25) is 0 Å².